The Morgan fingerprint density at radius 3 is 2.68 bits per heavy atom. The largest absolute Gasteiger partial charge is 0.402 e. The molecule has 154 valence electrons. The van der Waals surface area contributed by atoms with Crippen molar-refractivity contribution in [3.63, 3.8) is 0 Å². The van der Waals surface area contributed by atoms with Crippen molar-refractivity contribution in [3.8, 4) is 5.69 Å². The lowest BCUT2D eigenvalue weighted by Gasteiger charge is -2.19. The molecule has 2 aromatic heterocycles. The molecule has 8 nitrogen and oxygen atoms in total. The zero-order chi connectivity index (χ0) is 21.1. The highest BCUT2D eigenvalue weighted by Gasteiger charge is 2.35. The summed E-state index contributed by atoms with van der Waals surface area (Å²) in [5.74, 6) is -3.62. The monoisotopic (exact) mass is 441 g/mol. The number of halogens is 4. The van der Waals surface area contributed by atoms with Gasteiger partial charge >= 0.3 is 6.18 Å². The number of amides is 1. The van der Waals surface area contributed by atoms with Crippen LogP contribution in [-0.4, -0.2) is 53.5 Å². The second-order valence-corrected chi connectivity index (χ2v) is 8.33. The van der Waals surface area contributed by atoms with Gasteiger partial charge in [0.2, 0.25) is 18.3 Å². The van der Waals surface area contributed by atoms with Crippen LogP contribution >= 0.6 is 11.6 Å². The summed E-state index contributed by atoms with van der Waals surface area (Å²) >= 11 is 6.07. The summed E-state index contributed by atoms with van der Waals surface area (Å²) in [6, 6.07) is 3.15. The Labute approximate surface area is 163 Å². The molecule has 0 aliphatic rings. The summed E-state index contributed by atoms with van der Waals surface area (Å²) in [6.07, 6.45) is -1.40. The third kappa shape index (κ3) is 5.83. The normalized spacial score (nSPS) is 12.2. The number of nitrogens with zero attached hydrogens (tertiary/aromatic N) is 4. The van der Waals surface area contributed by atoms with Crippen molar-refractivity contribution in [3.05, 3.63) is 35.9 Å². The van der Waals surface area contributed by atoms with Crippen molar-refractivity contribution in [1.29, 1.82) is 0 Å². The third-order valence-corrected chi connectivity index (χ3v) is 5.47. The molecule has 1 N–H and O–H groups in total. The molecule has 28 heavy (non-hydrogen) atoms. The van der Waals surface area contributed by atoms with E-state index < -0.39 is 39.8 Å². The highest BCUT2D eigenvalue weighted by atomic mass is 35.5. The van der Waals surface area contributed by atoms with Gasteiger partial charge < -0.3 is 4.90 Å². The van der Waals surface area contributed by atoms with Gasteiger partial charge in [0.15, 0.2) is 15.0 Å². The van der Waals surface area contributed by atoms with Gasteiger partial charge in [-0.3, -0.25) is 10.0 Å². The van der Waals surface area contributed by atoms with Gasteiger partial charge in [0.25, 0.3) is 0 Å². The van der Waals surface area contributed by atoms with Crippen LogP contribution in [0.15, 0.2) is 30.7 Å². The average Bonchev–Trinajstić information content (AvgIpc) is 2.93. The molecule has 13 heteroatoms. The second-order valence-electron chi connectivity index (χ2n) is 5.79. The highest BCUT2D eigenvalue weighted by molar-refractivity contribution is 7.91. The number of carbonyl (C=O) groups is 1. The van der Waals surface area contributed by atoms with Crippen molar-refractivity contribution in [2.75, 3.05) is 23.0 Å². The van der Waals surface area contributed by atoms with Crippen LogP contribution in [0.25, 0.3) is 5.69 Å². The summed E-state index contributed by atoms with van der Waals surface area (Å²) in [7, 11) is -4.47. The number of alkyl halides is 3. The van der Waals surface area contributed by atoms with Gasteiger partial charge in [0, 0.05) is 23.8 Å². The molecule has 0 aliphatic carbocycles. The van der Waals surface area contributed by atoms with Crippen LogP contribution < -0.4 is 9.63 Å². The molecule has 2 rings (SSSR count). The minimum atomic E-state index is -4.87. The molecule has 0 fully saturated rings. The van der Waals surface area contributed by atoms with E-state index in [0.717, 1.165) is 9.63 Å². The SMILES string of the molecule is CCN(C(=O)CCS(=O)(=O)CC(F)(F)F)c1cn(-c2ccc[n+](O)c2)nc1Cl. The maximum atomic E-state index is 12.4. The lowest BCUT2D eigenvalue weighted by Crippen LogP contribution is -2.33. The molecular weight excluding hydrogens is 425 g/mol. The Balaban J connectivity index is 2.18. The fraction of sp³-hybridized carbons (Fsp3) is 0.400. The topological polar surface area (TPSA) is 96.4 Å². The average molecular weight is 442 g/mol. The molecule has 0 bridgehead atoms. The molecule has 0 aromatic carbocycles. The van der Waals surface area contributed by atoms with Crippen LogP contribution in [0, 0.1) is 0 Å². The smallest absolute Gasteiger partial charge is 0.308 e. The van der Waals surface area contributed by atoms with Crippen molar-refractivity contribution in [2.24, 2.45) is 0 Å². The van der Waals surface area contributed by atoms with Crippen LogP contribution in [0.5, 0.6) is 0 Å². The lowest BCUT2D eigenvalue weighted by molar-refractivity contribution is -0.904. The summed E-state index contributed by atoms with van der Waals surface area (Å²) in [4.78, 5) is 13.5. The number of aromatic nitrogens is 3. The molecule has 0 radical (unpaired) electrons. The van der Waals surface area contributed by atoms with Gasteiger partial charge in [-0.1, -0.05) is 11.6 Å². The first-order valence-corrected chi connectivity index (χ1v) is 10.2. The van der Waals surface area contributed by atoms with Crippen molar-refractivity contribution >= 4 is 33.0 Å². The molecule has 2 aromatic rings. The first-order valence-electron chi connectivity index (χ1n) is 7.95. The van der Waals surface area contributed by atoms with Gasteiger partial charge in [-0.05, 0) is 13.0 Å². The molecule has 0 saturated carbocycles. The molecule has 0 aliphatic heterocycles. The highest BCUT2D eigenvalue weighted by Crippen LogP contribution is 2.26. The van der Waals surface area contributed by atoms with Crippen LogP contribution in [0.3, 0.4) is 0 Å². The molecule has 0 saturated heterocycles. The van der Waals surface area contributed by atoms with Crippen LogP contribution in [-0.2, 0) is 14.6 Å². The van der Waals surface area contributed by atoms with E-state index in [0.29, 0.717) is 5.69 Å². The third-order valence-electron chi connectivity index (χ3n) is 3.60. The van der Waals surface area contributed by atoms with E-state index in [1.54, 1.807) is 19.1 Å². The van der Waals surface area contributed by atoms with E-state index in [2.05, 4.69) is 5.10 Å². The van der Waals surface area contributed by atoms with Gasteiger partial charge in [-0.15, -0.1) is 0 Å². The van der Waals surface area contributed by atoms with E-state index in [1.165, 1.54) is 23.3 Å². The minimum Gasteiger partial charge on any atom is -0.308 e. The Hall–Kier alpha value is -2.34. The number of hydrogen-bond acceptors (Lipinski definition) is 5. The number of hydrogen-bond donors (Lipinski definition) is 1. The van der Waals surface area contributed by atoms with E-state index in [9.17, 15) is 31.6 Å². The molecule has 1 amide bonds. The van der Waals surface area contributed by atoms with E-state index >= 15 is 0 Å². The number of anilines is 1. The van der Waals surface area contributed by atoms with E-state index in [-0.39, 0.29) is 17.4 Å². The predicted octanol–water partition coefficient (Wildman–Crippen LogP) is 1.77. The molecule has 2 heterocycles. The van der Waals surface area contributed by atoms with Crippen molar-refractivity contribution in [1.82, 2.24) is 9.78 Å². The number of carbonyl (C=O) groups excluding carboxylic acids is 1. The zero-order valence-corrected chi connectivity index (χ0v) is 16.2. The van der Waals surface area contributed by atoms with Gasteiger partial charge in [0.05, 0.1) is 11.9 Å². The molecule has 0 atom stereocenters. The minimum absolute atomic E-state index is 0.0679. The first-order chi connectivity index (χ1) is 12.9. The molecular formula is C15H17ClF3N4O4S+. The van der Waals surface area contributed by atoms with Crippen molar-refractivity contribution in [2.45, 2.75) is 19.5 Å². The van der Waals surface area contributed by atoms with E-state index in [4.69, 9.17) is 11.6 Å². The maximum Gasteiger partial charge on any atom is 0.402 e. The van der Waals surface area contributed by atoms with Crippen molar-refractivity contribution < 1.29 is 36.3 Å². The standard InChI is InChI=1S/C15H17ClF3N4O4S/c1-2-22(13(24)5-7-28(26,27)10-15(17,18)19)12-9-23(20-14(12)16)11-4-3-6-21(25)8-11/h3-4,6,8-9,25H,2,5,7,10H2,1H3/q+1. The van der Waals surface area contributed by atoms with Gasteiger partial charge in [-0.25, -0.2) is 13.1 Å². The number of rotatable bonds is 7. The summed E-state index contributed by atoms with van der Waals surface area (Å²) in [5, 5.41) is 13.4. The van der Waals surface area contributed by atoms with Crippen LogP contribution in [0.1, 0.15) is 13.3 Å². The van der Waals surface area contributed by atoms with Gasteiger partial charge in [-0.2, -0.15) is 18.3 Å². The Kier molecular flexibility index (Phi) is 6.55. The fourth-order valence-corrected chi connectivity index (χ4v) is 3.79. The lowest BCUT2D eigenvalue weighted by atomic mass is 10.3. The first kappa shape index (κ1) is 22.0. The Bertz CT molecular complexity index is 962. The fourth-order valence-electron chi connectivity index (χ4n) is 2.42. The quantitative estimate of drug-likeness (QED) is 0.522. The molecule has 0 unspecified atom stereocenters. The number of sulfone groups is 1. The van der Waals surface area contributed by atoms with Crippen LogP contribution in [0.2, 0.25) is 5.15 Å². The Morgan fingerprint density at radius 1 is 1.43 bits per heavy atom. The summed E-state index contributed by atoms with van der Waals surface area (Å²) in [6.45, 7) is 1.69. The van der Waals surface area contributed by atoms with Gasteiger partial charge in [0.1, 0.15) is 17.1 Å². The molecule has 0 spiro atoms. The zero-order valence-electron chi connectivity index (χ0n) is 14.6. The van der Waals surface area contributed by atoms with E-state index in [1.807, 2.05) is 0 Å². The number of pyridine rings is 1. The second kappa shape index (κ2) is 8.35. The van der Waals surface area contributed by atoms with Crippen LogP contribution in [0.4, 0.5) is 18.9 Å². The maximum absolute atomic E-state index is 12.4. The summed E-state index contributed by atoms with van der Waals surface area (Å²) in [5.41, 5.74) is 0.588. The predicted molar refractivity (Wildman–Crippen MR) is 93.3 cm³/mol. The summed E-state index contributed by atoms with van der Waals surface area (Å²) < 4.78 is 62.0. The Morgan fingerprint density at radius 2 is 2.11 bits per heavy atom.